The SMILES string of the molecule is Cc1cc(C(=O)COC(=O)c2ccc([N+](=O)[O-])o2)c(C)n1-c1ccc(OC(F)F)cc1. The second kappa shape index (κ2) is 8.78. The summed E-state index contributed by atoms with van der Waals surface area (Å²) < 4.78 is 40.3. The highest BCUT2D eigenvalue weighted by Gasteiger charge is 2.22. The van der Waals surface area contributed by atoms with Crippen LogP contribution in [0, 0.1) is 24.0 Å². The lowest BCUT2D eigenvalue weighted by Gasteiger charge is -2.11. The zero-order chi connectivity index (χ0) is 22.7. The molecule has 0 saturated heterocycles. The molecule has 2 heterocycles. The van der Waals surface area contributed by atoms with E-state index in [1.165, 1.54) is 12.1 Å². The Morgan fingerprint density at radius 3 is 2.42 bits per heavy atom. The van der Waals surface area contributed by atoms with E-state index in [0.717, 1.165) is 12.1 Å². The predicted octanol–water partition coefficient (Wildman–Crippen LogP) is 4.24. The number of nitro groups is 1. The van der Waals surface area contributed by atoms with Gasteiger partial charge in [0.05, 0.1) is 6.07 Å². The molecule has 0 amide bonds. The molecule has 3 aromatic rings. The smallest absolute Gasteiger partial charge is 0.433 e. The van der Waals surface area contributed by atoms with Crippen LogP contribution in [0.1, 0.15) is 32.3 Å². The molecule has 0 unspecified atom stereocenters. The highest BCUT2D eigenvalue weighted by Crippen LogP contribution is 2.24. The van der Waals surface area contributed by atoms with Gasteiger partial charge in [-0.25, -0.2) is 4.79 Å². The fourth-order valence-corrected chi connectivity index (χ4v) is 3.03. The number of nitrogens with zero attached hydrogens (tertiary/aromatic N) is 2. The van der Waals surface area contributed by atoms with Gasteiger partial charge in [-0.2, -0.15) is 8.78 Å². The normalized spacial score (nSPS) is 10.9. The number of aryl methyl sites for hydroxylation is 1. The Hall–Kier alpha value is -4.02. The van der Waals surface area contributed by atoms with Gasteiger partial charge in [0, 0.05) is 22.6 Å². The zero-order valence-corrected chi connectivity index (χ0v) is 16.3. The third kappa shape index (κ3) is 4.77. The van der Waals surface area contributed by atoms with Crippen LogP contribution in [0.15, 0.2) is 46.9 Å². The second-order valence-electron chi connectivity index (χ2n) is 6.39. The molecule has 0 spiro atoms. The van der Waals surface area contributed by atoms with Crippen LogP contribution < -0.4 is 4.74 Å². The Balaban J connectivity index is 1.72. The van der Waals surface area contributed by atoms with Crippen molar-refractivity contribution in [3.8, 4) is 11.4 Å². The first-order valence-electron chi connectivity index (χ1n) is 8.86. The fraction of sp³-hybridized carbons (Fsp3) is 0.200. The summed E-state index contributed by atoms with van der Waals surface area (Å²) in [5.41, 5.74) is 2.16. The van der Waals surface area contributed by atoms with E-state index >= 15 is 0 Å². The van der Waals surface area contributed by atoms with Crippen LogP contribution in [-0.4, -0.2) is 34.5 Å². The number of carbonyl (C=O) groups excluding carboxylic acids is 2. The third-order valence-corrected chi connectivity index (χ3v) is 4.36. The first-order chi connectivity index (χ1) is 14.7. The summed E-state index contributed by atoms with van der Waals surface area (Å²) in [4.78, 5) is 34.3. The van der Waals surface area contributed by atoms with Gasteiger partial charge in [-0.15, -0.1) is 0 Å². The van der Waals surface area contributed by atoms with E-state index in [1.54, 1.807) is 36.6 Å². The molecule has 1 aromatic carbocycles. The van der Waals surface area contributed by atoms with Crippen LogP contribution in [0.4, 0.5) is 14.7 Å². The van der Waals surface area contributed by atoms with Crippen molar-refractivity contribution >= 4 is 17.6 Å². The molecule has 0 atom stereocenters. The van der Waals surface area contributed by atoms with Gasteiger partial charge in [-0.1, -0.05) is 0 Å². The van der Waals surface area contributed by atoms with Crippen LogP contribution >= 0.6 is 0 Å². The summed E-state index contributed by atoms with van der Waals surface area (Å²) in [6.07, 6.45) is 0. The predicted molar refractivity (Wildman–Crippen MR) is 102 cm³/mol. The van der Waals surface area contributed by atoms with E-state index in [0.29, 0.717) is 22.6 Å². The summed E-state index contributed by atoms with van der Waals surface area (Å²) in [6.45, 7) is -0.0955. The molecule has 0 radical (unpaired) electrons. The van der Waals surface area contributed by atoms with Gasteiger partial charge >= 0.3 is 18.5 Å². The minimum atomic E-state index is -2.93. The molecular weight excluding hydrogens is 418 g/mol. The molecular formula is C20H16F2N2O7. The highest BCUT2D eigenvalue weighted by molar-refractivity contribution is 6.00. The average molecular weight is 434 g/mol. The number of rotatable bonds is 8. The van der Waals surface area contributed by atoms with E-state index in [1.807, 2.05) is 0 Å². The molecule has 0 aliphatic heterocycles. The van der Waals surface area contributed by atoms with Crippen molar-refractivity contribution in [2.75, 3.05) is 6.61 Å². The van der Waals surface area contributed by atoms with Crippen molar-refractivity contribution in [1.82, 2.24) is 4.57 Å². The molecule has 3 rings (SSSR count). The Morgan fingerprint density at radius 2 is 1.84 bits per heavy atom. The highest BCUT2D eigenvalue weighted by atomic mass is 19.3. The Bertz CT molecular complexity index is 1130. The maximum atomic E-state index is 12.6. The average Bonchev–Trinajstić information content (AvgIpc) is 3.32. The first kappa shape index (κ1) is 21.7. The number of ketones is 1. The van der Waals surface area contributed by atoms with E-state index in [-0.39, 0.29) is 5.75 Å². The molecule has 0 aliphatic carbocycles. The maximum absolute atomic E-state index is 12.6. The molecule has 0 bridgehead atoms. The lowest BCUT2D eigenvalue weighted by molar-refractivity contribution is -0.402. The topological polar surface area (TPSA) is 114 Å². The van der Waals surface area contributed by atoms with Gasteiger partial charge in [0.2, 0.25) is 11.5 Å². The second-order valence-corrected chi connectivity index (χ2v) is 6.39. The van der Waals surface area contributed by atoms with Crippen molar-refractivity contribution < 1.29 is 37.2 Å². The summed E-state index contributed by atoms with van der Waals surface area (Å²) in [5.74, 6) is -2.51. The number of esters is 1. The van der Waals surface area contributed by atoms with Crippen molar-refractivity contribution in [3.05, 3.63) is 75.3 Å². The zero-order valence-electron chi connectivity index (χ0n) is 16.3. The van der Waals surface area contributed by atoms with Gasteiger partial charge in [0.15, 0.2) is 6.61 Å². The van der Waals surface area contributed by atoms with Crippen molar-refractivity contribution in [2.45, 2.75) is 20.5 Å². The number of furan rings is 1. The van der Waals surface area contributed by atoms with Crippen LogP contribution in [0.2, 0.25) is 0 Å². The maximum Gasteiger partial charge on any atom is 0.433 e. The molecule has 11 heteroatoms. The van der Waals surface area contributed by atoms with Gasteiger partial charge in [0.25, 0.3) is 0 Å². The number of hydrogen-bond donors (Lipinski definition) is 0. The van der Waals surface area contributed by atoms with Gasteiger partial charge < -0.3 is 18.5 Å². The third-order valence-electron chi connectivity index (χ3n) is 4.36. The van der Waals surface area contributed by atoms with Crippen molar-refractivity contribution in [3.63, 3.8) is 0 Å². The quantitative estimate of drug-likeness (QED) is 0.225. The number of carbonyl (C=O) groups is 2. The standard InChI is InChI=1S/C20H16F2N2O7/c1-11-9-15(12(2)23(11)13-3-5-14(6-4-13)30-20(21)22)16(25)10-29-19(26)17-7-8-18(31-17)24(27)28/h3-9,20H,10H2,1-2H3. The number of halogens is 2. The summed E-state index contributed by atoms with van der Waals surface area (Å²) >= 11 is 0. The number of Topliss-reactive ketones (excluding diaryl/α,β-unsaturated/α-hetero) is 1. The number of aromatic nitrogens is 1. The Morgan fingerprint density at radius 1 is 1.16 bits per heavy atom. The molecule has 0 saturated carbocycles. The molecule has 0 N–H and O–H groups in total. The van der Waals surface area contributed by atoms with Gasteiger partial charge in [-0.3, -0.25) is 14.9 Å². The van der Waals surface area contributed by atoms with E-state index in [9.17, 15) is 28.5 Å². The van der Waals surface area contributed by atoms with Crippen LogP contribution in [0.25, 0.3) is 5.69 Å². The monoisotopic (exact) mass is 434 g/mol. The molecule has 162 valence electrons. The number of hydrogen-bond acceptors (Lipinski definition) is 7. The van der Waals surface area contributed by atoms with Gasteiger partial charge in [0.1, 0.15) is 10.7 Å². The minimum absolute atomic E-state index is 0.00240. The van der Waals surface area contributed by atoms with Gasteiger partial charge in [-0.05, 0) is 50.2 Å². The van der Waals surface area contributed by atoms with Crippen molar-refractivity contribution in [1.29, 1.82) is 0 Å². The number of benzene rings is 1. The molecule has 0 fully saturated rings. The largest absolute Gasteiger partial charge is 0.451 e. The van der Waals surface area contributed by atoms with Crippen molar-refractivity contribution in [2.24, 2.45) is 0 Å². The summed E-state index contributed by atoms with van der Waals surface area (Å²) in [7, 11) is 0. The Labute approximate surface area is 173 Å². The van der Waals surface area contributed by atoms with Crippen LogP contribution in [-0.2, 0) is 4.74 Å². The lowest BCUT2D eigenvalue weighted by Crippen LogP contribution is -2.14. The Kier molecular flexibility index (Phi) is 6.14. The molecule has 31 heavy (non-hydrogen) atoms. The number of ether oxygens (including phenoxy) is 2. The fourth-order valence-electron chi connectivity index (χ4n) is 3.03. The van der Waals surface area contributed by atoms with E-state index in [2.05, 4.69) is 4.74 Å². The number of alkyl halides is 2. The molecule has 9 nitrogen and oxygen atoms in total. The van der Waals surface area contributed by atoms with E-state index in [4.69, 9.17) is 9.15 Å². The molecule has 2 aromatic heterocycles. The molecule has 0 aliphatic rings. The van der Waals surface area contributed by atoms with E-state index < -0.39 is 41.5 Å². The van der Waals surface area contributed by atoms with Crippen LogP contribution in [0.3, 0.4) is 0 Å². The first-order valence-corrected chi connectivity index (χ1v) is 8.86. The minimum Gasteiger partial charge on any atom is -0.451 e. The lowest BCUT2D eigenvalue weighted by atomic mass is 10.1. The van der Waals surface area contributed by atoms with Crippen LogP contribution in [0.5, 0.6) is 5.75 Å². The summed E-state index contributed by atoms with van der Waals surface area (Å²) in [5, 5.41) is 10.6. The summed E-state index contributed by atoms with van der Waals surface area (Å²) in [6, 6.07) is 9.58.